The summed E-state index contributed by atoms with van der Waals surface area (Å²) in [4.78, 5) is 34.6. The van der Waals surface area contributed by atoms with Crippen molar-refractivity contribution in [3.8, 4) is 0 Å². The van der Waals surface area contributed by atoms with Gasteiger partial charge in [-0.2, -0.15) is 5.06 Å². The fourth-order valence-electron chi connectivity index (χ4n) is 2.02. The summed E-state index contributed by atoms with van der Waals surface area (Å²) >= 11 is 0. The highest BCUT2D eigenvalue weighted by atomic mass is 16.6. The Labute approximate surface area is 157 Å². The number of benzene rings is 1. The summed E-state index contributed by atoms with van der Waals surface area (Å²) in [6.07, 6.45) is -1.66. The Morgan fingerprint density at radius 2 is 1.81 bits per heavy atom. The first-order valence-corrected chi connectivity index (χ1v) is 8.48. The van der Waals surface area contributed by atoms with Gasteiger partial charge in [0.1, 0.15) is 18.2 Å². The van der Waals surface area contributed by atoms with Gasteiger partial charge < -0.3 is 19.9 Å². The Kier molecular flexibility index (Phi) is 8.53. The molecule has 0 spiro atoms. The number of carboxylic acid groups (broad SMARTS) is 1. The number of carbonyl (C=O) groups is 3. The van der Waals surface area contributed by atoms with Crippen molar-refractivity contribution in [3.05, 3.63) is 35.9 Å². The van der Waals surface area contributed by atoms with E-state index < -0.39 is 29.8 Å². The zero-order chi connectivity index (χ0) is 20.4. The van der Waals surface area contributed by atoms with Crippen molar-refractivity contribution in [1.82, 2.24) is 10.4 Å². The fraction of sp³-hybridized carbons (Fsp3) is 0.500. The van der Waals surface area contributed by atoms with Gasteiger partial charge in [-0.25, -0.2) is 14.4 Å². The topological polar surface area (TPSA) is 125 Å². The van der Waals surface area contributed by atoms with E-state index >= 15 is 0 Å². The molecule has 1 aromatic carbocycles. The maximum absolute atomic E-state index is 11.8. The summed E-state index contributed by atoms with van der Waals surface area (Å²) < 4.78 is 9.96. The normalized spacial score (nSPS) is 12.0. The Balaban J connectivity index is 2.39. The SMILES string of the molecule is CC(C)(C)OC(=O)N(O)CCC[C@H](NC(=O)OCc1ccccc1)C(=O)O. The van der Waals surface area contributed by atoms with E-state index in [2.05, 4.69) is 5.32 Å². The number of hydrogen-bond donors (Lipinski definition) is 3. The zero-order valence-electron chi connectivity index (χ0n) is 15.7. The van der Waals surface area contributed by atoms with Crippen LogP contribution in [0.25, 0.3) is 0 Å². The Morgan fingerprint density at radius 1 is 1.19 bits per heavy atom. The molecule has 1 rings (SSSR count). The van der Waals surface area contributed by atoms with Crippen LogP contribution in [0.3, 0.4) is 0 Å². The average molecular weight is 382 g/mol. The zero-order valence-corrected chi connectivity index (χ0v) is 15.7. The van der Waals surface area contributed by atoms with Crippen LogP contribution >= 0.6 is 0 Å². The minimum atomic E-state index is -1.24. The van der Waals surface area contributed by atoms with E-state index in [0.29, 0.717) is 5.06 Å². The second-order valence-electron chi connectivity index (χ2n) is 6.84. The van der Waals surface area contributed by atoms with E-state index in [1.807, 2.05) is 6.07 Å². The molecule has 0 unspecified atom stereocenters. The molecule has 2 amide bonds. The maximum atomic E-state index is 11.8. The summed E-state index contributed by atoms with van der Waals surface area (Å²) in [5.41, 5.74) is 0.0129. The smallest absolute Gasteiger partial charge is 0.434 e. The number of nitrogens with zero attached hydrogens (tertiary/aromatic N) is 1. The van der Waals surface area contributed by atoms with Crippen molar-refractivity contribution in [1.29, 1.82) is 0 Å². The van der Waals surface area contributed by atoms with Crippen molar-refractivity contribution in [3.63, 3.8) is 0 Å². The Hall–Kier alpha value is -2.81. The summed E-state index contributed by atoms with van der Waals surface area (Å²) in [7, 11) is 0. The number of hydrogen-bond acceptors (Lipinski definition) is 6. The van der Waals surface area contributed by atoms with Gasteiger partial charge in [0.15, 0.2) is 0 Å². The number of amides is 2. The van der Waals surface area contributed by atoms with E-state index in [1.165, 1.54) is 0 Å². The first-order chi connectivity index (χ1) is 12.6. The van der Waals surface area contributed by atoms with E-state index in [1.54, 1.807) is 45.0 Å². The summed E-state index contributed by atoms with van der Waals surface area (Å²) in [6, 6.07) is 7.75. The second kappa shape index (κ2) is 10.4. The van der Waals surface area contributed by atoms with Crippen LogP contribution < -0.4 is 5.32 Å². The monoisotopic (exact) mass is 382 g/mol. The lowest BCUT2D eigenvalue weighted by Gasteiger charge is -2.23. The Bertz CT molecular complexity index is 628. The van der Waals surface area contributed by atoms with Crippen LogP contribution in [0.5, 0.6) is 0 Å². The lowest BCUT2D eigenvalue weighted by atomic mass is 10.1. The van der Waals surface area contributed by atoms with Gasteiger partial charge in [0.2, 0.25) is 0 Å². The number of aliphatic carboxylic acids is 1. The molecular weight excluding hydrogens is 356 g/mol. The van der Waals surface area contributed by atoms with Gasteiger partial charge in [-0.05, 0) is 39.2 Å². The Morgan fingerprint density at radius 3 is 2.37 bits per heavy atom. The van der Waals surface area contributed by atoms with Crippen LogP contribution in [0.1, 0.15) is 39.2 Å². The number of alkyl carbamates (subject to hydrolysis) is 1. The predicted molar refractivity (Wildman–Crippen MR) is 95.1 cm³/mol. The molecule has 0 aliphatic rings. The van der Waals surface area contributed by atoms with Crippen LogP contribution in [0.4, 0.5) is 9.59 Å². The van der Waals surface area contributed by atoms with Crippen LogP contribution in [-0.4, -0.2) is 51.7 Å². The molecule has 0 aliphatic heterocycles. The molecule has 9 nitrogen and oxygen atoms in total. The van der Waals surface area contributed by atoms with Crippen molar-refractivity contribution in [2.24, 2.45) is 0 Å². The van der Waals surface area contributed by atoms with Crippen LogP contribution in [-0.2, 0) is 20.9 Å². The number of rotatable bonds is 8. The quantitative estimate of drug-likeness (QED) is 0.466. The molecular formula is C18H26N2O7. The van der Waals surface area contributed by atoms with E-state index in [0.717, 1.165) is 5.56 Å². The van der Waals surface area contributed by atoms with Gasteiger partial charge in [-0.1, -0.05) is 30.3 Å². The molecule has 0 radical (unpaired) electrons. The number of carbonyl (C=O) groups excluding carboxylic acids is 2. The highest BCUT2D eigenvalue weighted by Crippen LogP contribution is 2.10. The van der Waals surface area contributed by atoms with Crippen molar-refractivity contribution >= 4 is 18.2 Å². The molecule has 0 saturated heterocycles. The van der Waals surface area contributed by atoms with E-state index in [9.17, 15) is 24.7 Å². The highest BCUT2D eigenvalue weighted by molar-refractivity contribution is 5.79. The standard InChI is InChI=1S/C18H26N2O7/c1-18(2,3)27-17(24)20(25)11-7-10-14(15(21)22)19-16(23)26-12-13-8-5-4-6-9-13/h4-6,8-9,14,25H,7,10-12H2,1-3H3,(H,19,23)(H,21,22)/t14-/m0/s1. The third kappa shape index (κ3) is 9.45. The molecule has 150 valence electrons. The molecule has 0 bridgehead atoms. The number of hydroxylamine groups is 2. The summed E-state index contributed by atoms with van der Waals surface area (Å²) in [5.74, 6) is -1.24. The number of ether oxygens (including phenoxy) is 2. The van der Waals surface area contributed by atoms with Gasteiger partial charge in [0, 0.05) is 0 Å². The molecule has 9 heteroatoms. The van der Waals surface area contributed by atoms with Crippen LogP contribution in [0.2, 0.25) is 0 Å². The third-order valence-electron chi connectivity index (χ3n) is 3.27. The first-order valence-electron chi connectivity index (χ1n) is 8.48. The molecule has 27 heavy (non-hydrogen) atoms. The van der Waals surface area contributed by atoms with Crippen LogP contribution in [0, 0.1) is 0 Å². The second-order valence-corrected chi connectivity index (χ2v) is 6.84. The van der Waals surface area contributed by atoms with Crippen molar-refractivity contribution < 1.29 is 34.2 Å². The highest BCUT2D eigenvalue weighted by Gasteiger charge is 2.23. The molecule has 1 atom stereocenters. The molecule has 0 aromatic heterocycles. The molecule has 0 fully saturated rings. The van der Waals surface area contributed by atoms with Crippen LogP contribution in [0.15, 0.2) is 30.3 Å². The van der Waals surface area contributed by atoms with Gasteiger partial charge in [0.05, 0.1) is 6.54 Å². The van der Waals surface area contributed by atoms with Crippen molar-refractivity contribution in [2.75, 3.05) is 6.54 Å². The molecule has 0 saturated carbocycles. The minimum Gasteiger partial charge on any atom is -0.480 e. The van der Waals surface area contributed by atoms with Crippen molar-refractivity contribution in [2.45, 2.75) is 51.9 Å². The summed E-state index contributed by atoms with van der Waals surface area (Å²) in [6.45, 7) is 4.85. The minimum absolute atomic E-state index is 0.00434. The predicted octanol–water partition coefficient (Wildman–Crippen LogP) is 2.77. The number of carboxylic acids is 1. The average Bonchev–Trinajstić information content (AvgIpc) is 2.58. The first kappa shape index (κ1) is 22.2. The molecule has 0 heterocycles. The largest absolute Gasteiger partial charge is 0.480 e. The summed E-state index contributed by atoms with van der Waals surface area (Å²) in [5, 5.41) is 21.4. The van der Waals surface area contributed by atoms with Gasteiger partial charge in [-0.3, -0.25) is 5.21 Å². The van der Waals surface area contributed by atoms with Gasteiger partial charge in [-0.15, -0.1) is 0 Å². The fourth-order valence-corrected chi connectivity index (χ4v) is 2.02. The molecule has 0 aliphatic carbocycles. The number of nitrogens with one attached hydrogen (secondary N) is 1. The van der Waals surface area contributed by atoms with Gasteiger partial charge >= 0.3 is 18.2 Å². The maximum Gasteiger partial charge on any atom is 0.434 e. The van der Waals surface area contributed by atoms with Gasteiger partial charge in [0.25, 0.3) is 0 Å². The van der Waals surface area contributed by atoms with E-state index in [4.69, 9.17) is 9.47 Å². The molecule has 3 N–H and O–H groups in total. The lowest BCUT2D eigenvalue weighted by Crippen LogP contribution is -2.42. The van der Waals surface area contributed by atoms with E-state index in [-0.39, 0.29) is 26.0 Å². The lowest BCUT2D eigenvalue weighted by molar-refractivity contribution is -0.139. The third-order valence-corrected chi connectivity index (χ3v) is 3.27. The molecule has 1 aromatic rings.